The maximum absolute atomic E-state index is 13.7. The van der Waals surface area contributed by atoms with Crippen LogP contribution in [-0.4, -0.2) is 95.1 Å². The minimum Gasteiger partial charge on any atom is -0.381 e. The van der Waals surface area contributed by atoms with E-state index in [9.17, 15) is 9.59 Å². The van der Waals surface area contributed by atoms with Gasteiger partial charge in [-0.1, -0.05) is 12.1 Å². The van der Waals surface area contributed by atoms with Gasteiger partial charge < -0.3 is 15.0 Å². The number of hydrogen-bond acceptors (Lipinski definition) is 7. The van der Waals surface area contributed by atoms with Gasteiger partial charge in [-0.3, -0.25) is 24.2 Å². The van der Waals surface area contributed by atoms with Crippen molar-refractivity contribution in [2.75, 3.05) is 46.4 Å². The summed E-state index contributed by atoms with van der Waals surface area (Å²) in [5, 5.41) is 13.8. The highest BCUT2D eigenvalue weighted by Gasteiger charge is 2.27. The Morgan fingerprint density at radius 3 is 2.49 bits per heavy atom. The average Bonchev–Trinajstić information content (AvgIpc) is 3.27. The number of aryl methyl sites for hydroxylation is 3. The Morgan fingerprint density at radius 1 is 1.15 bits per heavy atom. The molecule has 1 aromatic heterocycles. The van der Waals surface area contributed by atoms with Crippen LogP contribution in [0.1, 0.15) is 52.6 Å². The monoisotopic (exact) mass is 535 g/mol. The zero-order valence-corrected chi connectivity index (χ0v) is 23.8. The highest BCUT2D eigenvalue weighted by Crippen LogP contribution is 2.29. The largest absolute Gasteiger partial charge is 0.381 e. The Labute approximate surface area is 231 Å². The molecule has 2 aliphatic heterocycles. The van der Waals surface area contributed by atoms with E-state index in [4.69, 9.17) is 4.74 Å². The first-order valence-electron chi connectivity index (χ1n) is 13.7. The van der Waals surface area contributed by atoms with Crippen LogP contribution in [0.25, 0.3) is 5.70 Å². The molecule has 210 valence electrons. The van der Waals surface area contributed by atoms with Gasteiger partial charge in [-0.2, -0.15) is 10.2 Å². The zero-order valence-electron chi connectivity index (χ0n) is 23.8. The third kappa shape index (κ3) is 6.93. The number of likely N-dealkylation sites (N-methyl/N-ethyl adjacent to an activating group) is 1. The fraction of sp³-hybridized carbons (Fsp3) is 0.517. The number of piperazine rings is 1. The smallest absolute Gasteiger partial charge is 0.254 e. The van der Waals surface area contributed by atoms with Crippen LogP contribution in [0.15, 0.2) is 35.4 Å². The van der Waals surface area contributed by atoms with Gasteiger partial charge in [0.15, 0.2) is 0 Å². The minimum atomic E-state index is -0.221. The predicted octanol–water partition coefficient (Wildman–Crippen LogP) is 2.57. The second kappa shape index (κ2) is 13.0. The molecule has 0 spiro atoms. The summed E-state index contributed by atoms with van der Waals surface area (Å²) in [7, 11) is 3.57. The summed E-state index contributed by atoms with van der Waals surface area (Å²) >= 11 is 0. The van der Waals surface area contributed by atoms with Gasteiger partial charge in [-0.05, 0) is 51.3 Å². The number of carbonyl (C=O) groups is 2. The Hall–Kier alpha value is -3.50. The molecule has 0 aliphatic carbocycles. The van der Waals surface area contributed by atoms with E-state index in [0.717, 1.165) is 55.0 Å². The first kappa shape index (κ1) is 28.5. The first-order chi connectivity index (χ1) is 18.8. The molecule has 0 radical (unpaired) electrons. The van der Waals surface area contributed by atoms with E-state index in [-0.39, 0.29) is 17.9 Å². The third-order valence-corrected chi connectivity index (χ3v) is 7.51. The molecule has 39 heavy (non-hydrogen) atoms. The summed E-state index contributed by atoms with van der Waals surface area (Å²) in [6, 6.07) is 8.04. The molecular formula is C29H41N7O3. The van der Waals surface area contributed by atoms with Crippen LogP contribution in [0.2, 0.25) is 0 Å². The van der Waals surface area contributed by atoms with Crippen molar-refractivity contribution in [2.45, 2.75) is 46.2 Å². The molecule has 0 atom stereocenters. The first-order valence-corrected chi connectivity index (χ1v) is 13.7. The predicted molar refractivity (Wildman–Crippen MR) is 152 cm³/mol. The topological polar surface area (TPSA) is 95.3 Å². The van der Waals surface area contributed by atoms with Crippen LogP contribution in [0.3, 0.4) is 0 Å². The fourth-order valence-corrected chi connectivity index (χ4v) is 5.12. The van der Waals surface area contributed by atoms with Gasteiger partial charge in [0, 0.05) is 89.1 Å². The van der Waals surface area contributed by atoms with Crippen molar-refractivity contribution in [3.05, 3.63) is 58.4 Å². The molecule has 10 heteroatoms. The van der Waals surface area contributed by atoms with Crippen molar-refractivity contribution in [3.63, 3.8) is 0 Å². The zero-order chi connectivity index (χ0) is 27.9. The Balaban J connectivity index is 1.54. The summed E-state index contributed by atoms with van der Waals surface area (Å²) in [6.07, 6.45) is 4.92. The summed E-state index contributed by atoms with van der Waals surface area (Å²) < 4.78 is 7.46. The van der Waals surface area contributed by atoms with Gasteiger partial charge in [0.1, 0.15) is 0 Å². The van der Waals surface area contributed by atoms with E-state index in [0.29, 0.717) is 37.6 Å². The lowest BCUT2D eigenvalue weighted by molar-refractivity contribution is -0.116. The highest BCUT2D eigenvalue weighted by molar-refractivity contribution is 5.98. The number of benzene rings is 1. The number of hydrogen-bond donors (Lipinski definition) is 1. The molecule has 1 aromatic carbocycles. The van der Waals surface area contributed by atoms with Crippen molar-refractivity contribution in [2.24, 2.45) is 12.1 Å². The molecule has 10 nitrogen and oxygen atoms in total. The van der Waals surface area contributed by atoms with Gasteiger partial charge >= 0.3 is 0 Å². The number of hydrazone groups is 1. The molecule has 3 heterocycles. The lowest BCUT2D eigenvalue weighted by Crippen LogP contribution is -2.48. The van der Waals surface area contributed by atoms with Gasteiger partial charge in [0.25, 0.3) is 5.91 Å². The maximum Gasteiger partial charge on any atom is 0.254 e. The van der Waals surface area contributed by atoms with Crippen molar-refractivity contribution in [3.8, 4) is 0 Å². The Bertz CT molecular complexity index is 1200. The molecule has 2 aromatic rings. The van der Waals surface area contributed by atoms with E-state index >= 15 is 0 Å². The van der Waals surface area contributed by atoms with Crippen LogP contribution in [0.4, 0.5) is 0 Å². The van der Waals surface area contributed by atoms with E-state index in [1.54, 1.807) is 19.3 Å². The van der Waals surface area contributed by atoms with E-state index in [2.05, 4.69) is 33.4 Å². The van der Waals surface area contributed by atoms with Crippen molar-refractivity contribution in [1.82, 2.24) is 29.9 Å². The molecule has 1 N–H and O–H groups in total. The van der Waals surface area contributed by atoms with Crippen LogP contribution < -0.4 is 5.32 Å². The number of nitrogens with zero attached hydrogens (tertiary/aromatic N) is 6. The number of ether oxygens (including phenoxy) is 1. The van der Waals surface area contributed by atoms with Crippen molar-refractivity contribution >= 4 is 23.7 Å². The molecule has 4 rings (SSSR count). The fourth-order valence-electron chi connectivity index (χ4n) is 5.12. The standard InChI is InChI=1S/C29H41N7O3/c1-6-31-36(25-9-15-39-16-10-25)27(19-28(37)30-4)23-8-7-21(2)26(18-23)29(38)35-13-11-34(12-14-35)20-24-17-22(3)33(5)32-24/h6-8,17-19,25H,9-16,20H2,1-5H3,(H,30,37)/b27-19+,31-6-. The molecular weight excluding hydrogens is 494 g/mol. The highest BCUT2D eigenvalue weighted by atomic mass is 16.5. The lowest BCUT2D eigenvalue weighted by atomic mass is 9.99. The van der Waals surface area contributed by atoms with Gasteiger partial charge in [-0.25, -0.2) is 0 Å². The molecule has 2 saturated heterocycles. The van der Waals surface area contributed by atoms with E-state index < -0.39 is 0 Å². The van der Waals surface area contributed by atoms with Crippen molar-refractivity contribution < 1.29 is 14.3 Å². The number of carbonyl (C=O) groups excluding carboxylic acids is 2. The average molecular weight is 536 g/mol. The molecule has 2 amide bonds. The van der Waals surface area contributed by atoms with Gasteiger partial charge in [-0.15, -0.1) is 0 Å². The maximum atomic E-state index is 13.7. The lowest BCUT2D eigenvalue weighted by Gasteiger charge is -2.35. The number of rotatable bonds is 8. The van der Waals surface area contributed by atoms with Crippen molar-refractivity contribution in [1.29, 1.82) is 0 Å². The molecule has 0 unspecified atom stereocenters. The number of amides is 2. The van der Waals surface area contributed by atoms with Crippen LogP contribution in [-0.2, 0) is 23.1 Å². The second-order valence-electron chi connectivity index (χ2n) is 10.2. The minimum absolute atomic E-state index is 0.0126. The van der Waals surface area contributed by atoms with Gasteiger partial charge in [0.2, 0.25) is 5.91 Å². The Morgan fingerprint density at radius 2 is 1.87 bits per heavy atom. The van der Waals surface area contributed by atoms with Crippen LogP contribution >= 0.6 is 0 Å². The molecule has 0 saturated carbocycles. The Kier molecular flexibility index (Phi) is 9.53. The van der Waals surface area contributed by atoms with Gasteiger partial charge in [0.05, 0.1) is 17.4 Å². The summed E-state index contributed by atoms with van der Waals surface area (Å²) in [4.78, 5) is 30.5. The normalized spacial score (nSPS) is 17.6. The molecule has 0 bridgehead atoms. The summed E-state index contributed by atoms with van der Waals surface area (Å²) in [5.74, 6) is -0.209. The number of aromatic nitrogens is 2. The summed E-state index contributed by atoms with van der Waals surface area (Å²) in [6.45, 7) is 10.9. The number of nitrogens with one attached hydrogen (secondary N) is 1. The van der Waals surface area contributed by atoms with E-state index in [1.165, 1.54) is 0 Å². The molecule has 2 fully saturated rings. The summed E-state index contributed by atoms with van der Waals surface area (Å²) in [5.41, 5.74) is 5.21. The second-order valence-corrected chi connectivity index (χ2v) is 10.2. The van der Waals surface area contributed by atoms with E-state index in [1.807, 2.05) is 53.7 Å². The van der Waals surface area contributed by atoms with Crippen LogP contribution in [0, 0.1) is 13.8 Å². The van der Waals surface area contributed by atoms with Crippen LogP contribution in [0.5, 0.6) is 0 Å². The SMILES string of the molecule is C/C=N\N(/C(=C/C(=O)NC)c1ccc(C)c(C(=O)N2CCN(Cc3cc(C)n(C)n3)CC2)c1)C1CCOCC1. The third-order valence-electron chi connectivity index (χ3n) is 7.51. The quantitative estimate of drug-likeness (QED) is 0.317. The molecule has 2 aliphatic rings.